The molecule has 2 aromatic carbocycles. The van der Waals surface area contributed by atoms with Crippen molar-refractivity contribution in [2.24, 2.45) is 0 Å². The molecule has 0 amide bonds. The van der Waals surface area contributed by atoms with Gasteiger partial charge in [-0.05, 0) is 42.5 Å². The second-order valence-electron chi connectivity index (χ2n) is 5.61. The van der Waals surface area contributed by atoms with Gasteiger partial charge >= 0.3 is 5.97 Å². The summed E-state index contributed by atoms with van der Waals surface area (Å²) in [6.07, 6.45) is 0. The number of rotatable bonds is 5. The average Bonchev–Trinajstić information content (AvgIpc) is 3.28. The predicted octanol–water partition coefficient (Wildman–Crippen LogP) is 4.06. The molecule has 0 aliphatic rings. The van der Waals surface area contributed by atoms with Crippen LogP contribution in [0.3, 0.4) is 0 Å². The number of carboxylic acid groups (broad SMARTS) is 1. The summed E-state index contributed by atoms with van der Waals surface area (Å²) in [6, 6.07) is 9.96. The number of sulfonamides is 1. The summed E-state index contributed by atoms with van der Waals surface area (Å²) < 4.78 is 41.2. The number of aromatic nitrogens is 2. The first-order valence-electron chi connectivity index (χ1n) is 7.70. The zero-order valence-electron chi connectivity index (χ0n) is 13.8. The fourth-order valence-corrected chi connectivity index (χ4v) is 5.56. The largest absolute Gasteiger partial charge is 0.478 e. The van der Waals surface area contributed by atoms with Crippen LogP contribution >= 0.6 is 22.7 Å². The smallest absolute Gasteiger partial charge is 0.335 e. The molecule has 7 nitrogen and oxygen atoms in total. The molecule has 0 radical (unpaired) electrons. The first-order valence-corrected chi connectivity index (χ1v) is 10.9. The number of benzene rings is 2. The molecule has 28 heavy (non-hydrogen) atoms. The van der Waals surface area contributed by atoms with Crippen molar-refractivity contribution in [2.75, 3.05) is 4.72 Å². The molecule has 11 heteroatoms. The molecule has 0 spiro atoms. The Hall–Kier alpha value is -2.89. The first-order chi connectivity index (χ1) is 13.3. The third-order valence-corrected chi connectivity index (χ3v) is 7.05. The van der Waals surface area contributed by atoms with Gasteiger partial charge in [-0.25, -0.2) is 19.2 Å². The molecule has 142 valence electrons. The van der Waals surface area contributed by atoms with Gasteiger partial charge in [0.1, 0.15) is 10.8 Å². The second kappa shape index (κ2) is 6.93. The van der Waals surface area contributed by atoms with Crippen LogP contribution in [0.2, 0.25) is 0 Å². The molecule has 0 unspecified atom stereocenters. The highest BCUT2D eigenvalue weighted by molar-refractivity contribution is 7.93. The molecular weight excluding hydrogens is 425 g/mol. The average molecular weight is 435 g/mol. The van der Waals surface area contributed by atoms with Crippen LogP contribution in [0, 0.1) is 5.82 Å². The standard InChI is InChI=1S/C17H10FN3O4S3/c18-11-4-1-9(2-5-11)15-20-14(8-26-15)28(24,25)21-17-19-12-7-10(16(22)23)3-6-13(12)27-17/h1-8H,(H,19,21)(H,22,23). The summed E-state index contributed by atoms with van der Waals surface area (Å²) in [5, 5.41) is 10.8. The van der Waals surface area contributed by atoms with Gasteiger partial charge < -0.3 is 5.11 Å². The molecule has 0 atom stereocenters. The molecule has 2 heterocycles. The van der Waals surface area contributed by atoms with E-state index in [1.807, 2.05) is 0 Å². The van der Waals surface area contributed by atoms with Crippen LogP contribution in [0.1, 0.15) is 10.4 Å². The number of fused-ring (bicyclic) bond motifs is 1. The van der Waals surface area contributed by atoms with E-state index < -0.39 is 21.8 Å². The Kier molecular flexibility index (Phi) is 4.57. The Morgan fingerprint density at radius 2 is 1.86 bits per heavy atom. The van der Waals surface area contributed by atoms with Gasteiger partial charge in [-0.3, -0.25) is 4.72 Å². The van der Waals surface area contributed by atoms with Gasteiger partial charge in [0.15, 0.2) is 10.2 Å². The Balaban J connectivity index is 1.61. The van der Waals surface area contributed by atoms with Gasteiger partial charge in [0.2, 0.25) is 0 Å². The number of aromatic carboxylic acids is 1. The lowest BCUT2D eigenvalue weighted by Gasteiger charge is -2.01. The molecule has 4 aromatic rings. The molecule has 2 aromatic heterocycles. The number of halogens is 1. The van der Waals surface area contributed by atoms with Crippen molar-refractivity contribution in [3.63, 3.8) is 0 Å². The minimum atomic E-state index is -3.98. The number of carbonyl (C=O) groups is 1. The van der Waals surface area contributed by atoms with Crippen LogP contribution in [0.15, 0.2) is 52.9 Å². The van der Waals surface area contributed by atoms with Crippen LogP contribution < -0.4 is 4.72 Å². The van der Waals surface area contributed by atoms with Gasteiger partial charge in [-0.2, -0.15) is 8.42 Å². The third-order valence-electron chi connectivity index (χ3n) is 3.71. The van der Waals surface area contributed by atoms with E-state index in [1.165, 1.54) is 41.8 Å². The summed E-state index contributed by atoms with van der Waals surface area (Å²) in [5.74, 6) is -1.48. The van der Waals surface area contributed by atoms with E-state index in [0.717, 1.165) is 22.7 Å². The zero-order chi connectivity index (χ0) is 19.9. The predicted molar refractivity (Wildman–Crippen MR) is 105 cm³/mol. The lowest BCUT2D eigenvalue weighted by molar-refractivity contribution is 0.0697. The lowest BCUT2D eigenvalue weighted by Crippen LogP contribution is -2.13. The van der Waals surface area contributed by atoms with Crippen molar-refractivity contribution in [3.05, 3.63) is 59.2 Å². The maximum Gasteiger partial charge on any atom is 0.335 e. The van der Waals surface area contributed by atoms with Crippen LogP contribution in [-0.4, -0.2) is 29.5 Å². The maximum absolute atomic E-state index is 13.0. The molecule has 2 N–H and O–H groups in total. The number of nitrogens with one attached hydrogen (secondary N) is 1. The quantitative estimate of drug-likeness (QED) is 0.489. The maximum atomic E-state index is 13.0. The van der Waals surface area contributed by atoms with Crippen molar-refractivity contribution < 1.29 is 22.7 Å². The van der Waals surface area contributed by atoms with Gasteiger partial charge in [0.05, 0.1) is 15.8 Å². The third kappa shape index (κ3) is 3.59. The van der Waals surface area contributed by atoms with Crippen molar-refractivity contribution >= 4 is 54.0 Å². The van der Waals surface area contributed by atoms with E-state index in [1.54, 1.807) is 6.07 Å². The number of carboxylic acids is 1. The SMILES string of the molecule is O=C(O)c1ccc2sc(NS(=O)(=O)c3csc(-c4ccc(F)cc4)n3)nc2c1. The molecule has 4 rings (SSSR count). The second-order valence-corrected chi connectivity index (χ2v) is 9.13. The fraction of sp³-hybridized carbons (Fsp3) is 0. The highest BCUT2D eigenvalue weighted by Gasteiger charge is 2.21. The zero-order valence-corrected chi connectivity index (χ0v) is 16.2. The van der Waals surface area contributed by atoms with E-state index >= 15 is 0 Å². The molecule has 0 aliphatic carbocycles. The Morgan fingerprint density at radius 1 is 1.11 bits per heavy atom. The van der Waals surface area contributed by atoms with Crippen molar-refractivity contribution in [1.29, 1.82) is 0 Å². The van der Waals surface area contributed by atoms with Crippen molar-refractivity contribution in [1.82, 2.24) is 9.97 Å². The van der Waals surface area contributed by atoms with E-state index in [2.05, 4.69) is 14.7 Å². The molecule has 0 fully saturated rings. The van der Waals surface area contributed by atoms with Crippen LogP contribution in [0.5, 0.6) is 0 Å². The van der Waals surface area contributed by atoms with Gasteiger partial charge in [-0.1, -0.05) is 11.3 Å². The summed E-state index contributed by atoms with van der Waals surface area (Å²) >= 11 is 2.20. The van der Waals surface area contributed by atoms with Gasteiger partial charge in [-0.15, -0.1) is 11.3 Å². The Labute approximate surface area is 166 Å². The topological polar surface area (TPSA) is 109 Å². The van der Waals surface area contributed by atoms with E-state index in [-0.39, 0.29) is 15.7 Å². The normalized spacial score (nSPS) is 11.6. The molecule has 0 aliphatic heterocycles. The minimum absolute atomic E-state index is 0.0654. The first kappa shape index (κ1) is 18.5. The highest BCUT2D eigenvalue weighted by Crippen LogP contribution is 2.30. The molecule has 0 bridgehead atoms. The monoisotopic (exact) mass is 435 g/mol. The summed E-state index contributed by atoms with van der Waals surface area (Å²) in [6.45, 7) is 0. The molecular formula is C17H10FN3O4S3. The molecule has 0 saturated carbocycles. The fourth-order valence-electron chi connectivity index (χ4n) is 2.38. The van der Waals surface area contributed by atoms with E-state index in [0.29, 0.717) is 20.8 Å². The minimum Gasteiger partial charge on any atom is -0.478 e. The molecule has 0 saturated heterocycles. The summed E-state index contributed by atoms with van der Waals surface area (Å²) in [4.78, 5) is 19.3. The van der Waals surface area contributed by atoms with Gasteiger partial charge in [0, 0.05) is 10.9 Å². The Morgan fingerprint density at radius 3 is 2.57 bits per heavy atom. The highest BCUT2D eigenvalue weighted by atomic mass is 32.2. The number of hydrogen-bond acceptors (Lipinski definition) is 7. The number of anilines is 1. The lowest BCUT2D eigenvalue weighted by atomic mass is 10.2. The summed E-state index contributed by atoms with van der Waals surface area (Å²) in [7, 11) is -3.98. The van der Waals surface area contributed by atoms with Crippen LogP contribution in [0.25, 0.3) is 20.8 Å². The van der Waals surface area contributed by atoms with Crippen molar-refractivity contribution in [2.45, 2.75) is 5.03 Å². The summed E-state index contributed by atoms with van der Waals surface area (Å²) in [5.41, 5.74) is 1.05. The number of thiazole rings is 2. The number of nitrogens with zero attached hydrogens (tertiary/aromatic N) is 2. The van der Waals surface area contributed by atoms with E-state index in [9.17, 15) is 17.6 Å². The van der Waals surface area contributed by atoms with Crippen LogP contribution in [0.4, 0.5) is 9.52 Å². The van der Waals surface area contributed by atoms with Crippen LogP contribution in [-0.2, 0) is 10.0 Å². The van der Waals surface area contributed by atoms with Crippen molar-refractivity contribution in [3.8, 4) is 10.6 Å². The van der Waals surface area contributed by atoms with E-state index in [4.69, 9.17) is 5.11 Å². The Bertz CT molecular complexity index is 1300. The van der Waals surface area contributed by atoms with Gasteiger partial charge in [0.25, 0.3) is 10.0 Å². The number of hydrogen-bond donors (Lipinski definition) is 2.